The number of aromatic amines is 2. The normalized spacial score (nSPS) is 12.4. The number of H-pyrrole nitrogens is 2. The van der Waals surface area contributed by atoms with E-state index in [-0.39, 0.29) is 0 Å². The van der Waals surface area contributed by atoms with Gasteiger partial charge in [-0.1, -0.05) is 68.2 Å². The SMILES string of the molecule is CCCc1cc2[nH]c(cc3nc(cc4[nH]c(cc(CCC)n1)c(CC)c4CC)C(CC)=C3CC)c(CC)c2CC. The van der Waals surface area contributed by atoms with Crippen molar-refractivity contribution in [1.82, 2.24) is 19.9 Å². The van der Waals surface area contributed by atoms with Crippen molar-refractivity contribution < 1.29 is 0 Å². The number of nitrogens with one attached hydrogen (secondary N) is 2. The van der Waals surface area contributed by atoms with Crippen LogP contribution in [0.25, 0.3) is 33.2 Å². The van der Waals surface area contributed by atoms with E-state index in [4.69, 9.17) is 9.97 Å². The van der Waals surface area contributed by atoms with Crippen LogP contribution in [-0.2, 0) is 38.5 Å². The molecule has 0 atom stereocenters. The van der Waals surface area contributed by atoms with Gasteiger partial charge in [-0.3, -0.25) is 4.98 Å². The maximum atomic E-state index is 5.33. The lowest BCUT2D eigenvalue weighted by atomic mass is 9.99. The first-order valence-electron chi connectivity index (χ1n) is 15.9. The molecule has 214 valence electrons. The van der Waals surface area contributed by atoms with Crippen LogP contribution in [0.4, 0.5) is 0 Å². The van der Waals surface area contributed by atoms with Crippen molar-refractivity contribution in [1.29, 1.82) is 0 Å². The second kappa shape index (κ2) is 13.5. The Balaban J connectivity index is 2.27. The van der Waals surface area contributed by atoms with E-state index in [1.165, 1.54) is 55.5 Å². The monoisotopic (exact) mass is 538 g/mol. The van der Waals surface area contributed by atoms with E-state index in [1.54, 1.807) is 0 Å². The Morgan fingerprint density at radius 3 is 1.10 bits per heavy atom. The summed E-state index contributed by atoms with van der Waals surface area (Å²) < 4.78 is 0. The minimum Gasteiger partial charge on any atom is -0.355 e. The molecule has 1 aliphatic heterocycles. The van der Waals surface area contributed by atoms with Gasteiger partial charge in [0, 0.05) is 33.5 Å². The molecule has 0 radical (unpaired) electrons. The molecule has 3 aromatic heterocycles. The zero-order valence-corrected chi connectivity index (χ0v) is 26.3. The van der Waals surface area contributed by atoms with E-state index in [9.17, 15) is 0 Å². The van der Waals surface area contributed by atoms with Gasteiger partial charge < -0.3 is 9.97 Å². The summed E-state index contributed by atoms with van der Waals surface area (Å²) in [5.74, 6) is 0. The summed E-state index contributed by atoms with van der Waals surface area (Å²) in [5.41, 5.74) is 17.7. The highest BCUT2D eigenvalue weighted by molar-refractivity contribution is 5.93. The summed E-state index contributed by atoms with van der Waals surface area (Å²) in [6.07, 6.45) is 9.99. The molecule has 6 bridgehead atoms. The van der Waals surface area contributed by atoms with Gasteiger partial charge in [0.2, 0.25) is 0 Å². The first-order chi connectivity index (χ1) is 19.5. The molecule has 40 heavy (non-hydrogen) atoms. The van der Waals surface area contributed by atoms with Crippen LogP contribution in [0, 0.1) is 0 Å². The van der Waals surface area contributed by atoms with Crippen molar-refractivity contribution in [2.75, 3.05) is 0 Å². The van der Waals surface area contributed by atoms with Crippen LogP contribution >= 0.6 is 0 Å². The van der Waals surface area contributed by atoms with Gasteiger partial charge in [-0.05, 0) is 109 Å². The molecular weight excluding hydrogens is 488 g/mol. The molecule has 4 nitrogen and oxygen atoms in total. The topological polar surface area (TPSA) is 57.4 Å². The third-order valence-corrected chi connectivity index (χ3v) is 8.40. The molecule has 0 fully saturated rings. The lowest BCUT2D eigenvalue weighted by Gasteiger charge is -2.03. The summed E-state index contributed by atoms with van der Waals surface area (Å²) in [6.45, 7) is 18.1. The Morgan fingerprint density at radius 1 is 0.450 bits per heavy atom. The van der Waals surface area contributed by atoms with Crippen molar-refractivity contribution in [3.05, 3.63) is 69.3 Å². The van der Waals surface area contributed by atoms with Gasteiger partial charge in [-0.15, -0.1) is 0 Å². The quantitative estimate of drug-likeness (QED) is 0.270. The van der Waals surface area contributed by atoms with Gasteiger partial charge in [0.1, 0.15) is 0 Å². The van der Waals surface area contributed by atoms with E-state index < -0.39 is 0 Å². The number of aromatic nitrogens is 4. The first-order valence-corrected chi connectivity index (χ1v) is 15.9. The smallest absolute Gasteiger partial charge is 0.0693 e. The van der Waals surface area contributed by atoms with E-state index in [2.05, 4.69) is 89.6 Å². The van der Waals surface area contributed by atoms with Crippen LogP contribution in [0.2, 0.25) is 0 Å². The molecule has 0 aliphatic carbocycles. The number of allylic oxidation sites excluding steroid dienone is 2. The van der Waals surface area contributed by atoms with Gasteiger partial charge in [0.15, 0.2) is 0 Å². The average Bonchev–Trinajstić information content (AvgIpc) is 3.57. The molecule has 2 N–H and O–H groups in total. The highest BCUT2D eigenvalue weighted by Gasteiger charge is 2.19. The van der Waals surface area contributed by atoms with Gasteiger partial charge in [-0.2, -0.15) is 0 Å². The van der Waals surface area contributed by atoms with Crippen LogP contribution in [0.3, 0.4) is 0 Å². The van der Waals surface area contributed by atoms with Crippen LogP contribution in [0.15, 0.2) is 24.3 Å². The number of rotatable bonds is 10. The molecule has 0 aromatic carbocycles. The van der Waals surface area contributed by atoms with Crippen molar-refractivity contribution >= 4 is 33.2 Å². The summed E-state index contributed by atoms with van der Waals surface area (Å²) in [7, 11) is 0. The molecule has 1 aliphatic rings. The molecule has 4 heterocycles. The molecule has 3 aromatic rings. The van der Waals surface area contributed by atoms with Crippen LogP contribution in [0.1, 0.15) is 126 Å². The molecule has 0 saturated heterocycles. The summed E-state index contributed by atoms with van der Waals surface area (Å²) >= 11 is 0. The minimum absolute atomic E-state index is 0.960. The largest absolute Gasteiger partial charge is 0.355 e. The van der Waals surface area contributed by atoms with E-state index in [1.807, 2.05) is 0 Å². The Hall–Kier alpha value is -3.14. The summed E-state index contributed by atoms with van der Waals surface area (Å²) in [6, 6.07) is 9.27. The molecule has 0 unspecified atom stereocenters. The molecule has 0 saturated carbocycles. The van der Waals surface area contributed by atoms with Gasteiger partial charge >= 0.3 is 0 Å². The molecule has 0 amide bonds. The summed E-state index contributed by atoms with van der Waals surface area (Å²) in [4.78, 5) is 18.3. The number of hydrogen-bond donors (Lipinski definition) is 2. The lowest BCUT2D eigenvalue weighted by Crippen LogP contribution is -1.94. The Morgan fingerprint density at radius 2 is 0.800 bits per heavy atom. The molecule has 4 heteroatoms. The third-order valence-electron chi connectivity index (χ3n) is 8.40. The summed E-state index contributed by atoms with van der Waals surface area (Å²) in [5, 5.41) is 0. The van der Waals surface area contributed by atoms with E-state index in [0.717, 1.165) is 87.0 Å². The fraction of sp³-hybridized carbons (Fsp3) is 0.500. The van der Waals surface area contributed by atoms with Crippen molar-refractivity contribution in [3.63, 3.8) is 0 Å². The Kier molecular flexibility index (Phi) is 10.1. The molecule has 4 rings (SSSR count). The highest BCUT2D eigenvalue weighted by atomic mass is 14.8. The van der Waals surface area contributed by atoms with Crippen molar-refractivity contribution in [2.45, 2.75) is 120 Å². The maximum absolute atomic E-state index is 5.33. The second-order valence-corrected chi connectivity index (χ2v) is 11.0. The Bertz CT molecular complexity index is 1420. The second-order valence-electron chi connectivity index (χ2n) is 11.0. The predicted molar refractivity (Wildman–Crippen MR) is 174 cm³/mol. The Labute approximate surface area is 241 Å². The minimum atomic E-state index is 0.960. The standard InChI is InChI=1S/C36H50N4/c1-9-17-23-19-31-25(11-3)27(13-5)33(38-31)21-35-29(15-7)30(16-8)36(40-35)22-34-28(14-6)26(12-4)32(39-34)20-24(37-23)18-10-2/h19-22,38-39H,9-18H2,1-8H3. The fourth-order valence-electron chi connectivity index (χ4n) is 6.58. The number of nitrogens with zero attached hydrogens (tertiary/aromatic N) is 2. The van der Waals surface area contributed by atoms with E-state index in [0.29, 0.717) is 0 Å². The molecule has 0 spiro atoms. The van der Waals surface area contributed by atoms with Crippen molar-refractivity contribution in [3.8, 4) is 0 Å². The van der Waals surface area contributed by atoms with Gasteiger partial charge in [0.25, 0.3) is 0 Å². The van der Waals surface area contributed by atoms with Crippen LogP contribution in [0.5, 0.6) is 0 Å². The fourth-order valence-corrected chi connectivity index (χ4v) is 6.58. The lowest BCUT2D eigenvalue weighted by molar-refractivity contribution is 0.837. The predicted octanol–water partition coefficient (Wildman–Crippen LogP) is 9.89. The zero-order chi connectivity index (χ0) is 28.8. The van der Waals surface area contributed by atoms with Crippen molar-refractivity contribution in [2.24, 2.45) is 0 Å². The van der Waals surface area contributed by atoms with Gasteiger partial charge in [-0.25, -0.2) is 4.98 Å². The number of fused-ring (bicyclic) bond motifs is 6. The first kappa shape index (κ1) is 29.8. The van der Waals surface area contributed by atoms with Crippen LogP contribution < -0.4 is 0 Å². The third kappa shape index (κ3) is 5.82. The average molecular weight is 539 g/mol. The molecular formula is C36H50N4. The maximum Gasteiger partial charge on any atom is 0.0693 e. The highest BCUT2D eigenvalue weighted by Crippen LogP contribution is 2.36. The zero-order valence-electron chi connectivity index (χ0n) is 26.3. The number of hydrogen-bond acceptors (Lipinski definition) is 2. The van der Waals surface area contributed by atoms with Crippen LogP contribution in [-0.4, -0.2) is 19.9 Å². The van der Waals surface area contributed by atoms with E-state index >= 15 is 0 Å². The van der Waals surface area contributed by atoms with Gasteiger partial charge in [0.05, 0.1) is 11.4 Å². The number of aryl methyl sites for hydroxylation is 6.